The van der Waals surface area contributed by atoms with E-state index in [-0.39, 0.29) is 11.8 Å². The van der Waals surface area contributed by atoms with E-state index in [0.29, 0.717) is 19.5 Å². The molecule has 0 spiro atoms. The van der Waals surface area contributed by atoms with Crippen molar-refractivity contribution in [2.75, 3.05) is 13.1 Å². The normalized spacial score (nSPS) is 23.2. The largest absolute Gasteiger partial charge is 0.391 e. The minimum absolute atomic E-state index is 0.0222. The van der Waals surface area contributed by atoms with Crippen LogP contribution in [0.2, 0.25) is 0 Å². The fraction of sp³-hybridized carbons (Fsp3) is 0.407. The molecular formula is C27H30N2O2. The lowest BCUT2D eigenvalue weighted by molar-refractivity contribution is -0.138. The molecule has 31 heavy (non-hydrogen) atoms. The lowest BCUT2D eigenvalue weighted by Crippen LogP contribution is -2.47. The number of hydrogen-bond acceptors (Lipinski definition) is 3. The molecule has 1 amide bonds. The van der Waals surface area contributed by atoms with Crippen LogP contribution in [0.25, 0.3) is 10.9 Å². The molecule has 0 bridgehead atoms. The maximum atomic E-state index is 13.8. The van der Waals surface area contributed by atoms with Crippen molar-refractivity contribution in [2.45, 2.75) is 50.0 Å². The lowest BCUT2D eigenvalue weighted by atomic mass is 9.68. The highest BCUT2D eigenvalue weighted by Crippen LogP contribution is 2.42. The zero-order chi connectivity index (χ0) is 21.3. The molecule has 1 N–H and O–H groups in total. The van der Waals surface area contributed by atoms with Gasteiger partial charge in [0, 0.05) is 30.1 Å². The predicted octanol–water partition coefficient (Wildman–Crippen LogP) is 4.50. The summed E-state index contributed by atoms with van der Waals surface area (Å²) in [7, 11) is 0. The zero-order valence-corrected chi connectivity index (χ0v) is 17.9. The van der Waals surface area contributed by atoms with E-state index < -0.39 is 11.5 Å². The quantitative estimate of drug-likeness (QED) is 0.684. The third-order valence-electron chi connectivity index (χ3n) is 7.26. The first kappa shape index (κ1) is 20.2. The van der Waals surface area contributed by atoms with Crippen molar-refractivity contribution in [3.05, 3.63) is 78.0 Å². The summed E-state index contributed by atoms with van der Waals surface area (Å²) in [4.78, 5) is 20.5. The molecule has 0 unspecified atom stereocenters. The molecule has 4 heteroatoms. The van der Waals surface area contributed by atoms with Crippen molar-refractivity contribution in [3.8, 4) is 0 Å². The Morgan fingerprint density at radius 2 is 1.68 bits per heavy atom. The van der Waals surface area contributed by atoms with Crippen molar-refractivity contribution < 1.29 is 9.90 Å². The molecule has 160 valence electrons. The van der Waals surface area contributed by atoms with Gasteiger partial charge in [-0.3, -0.25) is 9.78 Å². The number of pyridine rings is 1. The molecule has 1 saturated heterocycles. The summed E-state index contributed by atoms with van der Waals surface area (Å²) in [6, 6.07) is 22.5. The number of aliphatic hydroxyl groups is 1. The molecule has 2 aromatic carbocycles. The van der Waals surface area contributed by atoms with Crippen LogP contribution in [0, 0.1) is 5.92 Å². The van der Waals surface area contributed by atoms with Crippen LogP contribution in [0.1, 0.15) is 43.4 Å². The molecule has 2 heterocycles. The number of rotatable bonds is 4. The van der Waals surface area contributed by atoms with Gasteiger partial charge < -0.3 is 10.0 Å². The van der Waals surface area contributed by atoms with E-state index in [4.69, 9.17) is 4.98 Å². The standard InChI is InChI=1S/C27H30N2O2/c30-25-19-29(18-21(25)17-23-14-13-20-9-5-6-12-24(20)28-23)26(31)27(15-7-2-8-16-27)22-10-3-1-4-11-22/h1,3-6,9-14,21,25,30H,2,7-8,15-19H2/t21-,25-/m1/s1. The molecule has 4 nitrogen and oxygen atoms in total. The lowest BCUT2D eigenvalue weighted by Gasteiger charge is -2.39. The van der Waals surface area contributed by atoms with Crippen LogP contribution in [0.3, 0.4) is 0 Å². The number of aromatic nitrogens is 1. The van der Waals surface area contributed by atoms with Gasteiger partial charge in [0.25, 0.3) is 0 Å². The topological polar surface area (TPSA) is 53.4 Å². The average Bonchev–Trinajstić information content (AvgIpc) is 3.19. The summed E-state index contributed by atoms with van der Waals surface area (Å²) >= 11 is 0. The minimum Gasteiger partial charge on any atom is -0.391 e. The van der Waals surface area contributed by atoms with E-state index in [0.717, 1.165) is 47.8 Å². The fourth-order valence-corrected chi connectivity index (χ4v) is 5.55. The molecule has 5 rings (SSSR count). The average molecular weight is 415 g/mol. The van der Waals surface area contributed by atoms with Gasteiger partial charge in [-0.1, -0.05) is 73.9 Å². The zero-order valence-electron chi connectivity index (χ0n) is 17.9. The maximum absolute atomic E-state index is 13.8. The van der Waals surface area contributed by atoms with Crippen LogP contribution >= 0.6 is 0 Å². The molecule has 3 aromatic rings. The van der Waals surface area contributed by atoms with Crippen molar-refractivity contribution in [1.82, 2.24) is 9.88 Å². The van der Waals surface area contributed by atoms with Gasteiger partial charge in [0.2, 0.25) is 5.91 Å². The second-order valence-electron chi connectivity index (χ2n) is 9.25. The van der Waals surface area contributed by atoms with Gasteiger partial charge in [-0.05, 0) is 37.0 Å². The Morgan fingerprint density at radius 3 is 2.48 bits per heavy atom. The number of β-amino-alcohol motifs (C(OH)–C–C–N with tert-alkyl or cyclic N) is 1. The van der Waals surface area contributed by atoms with E-state index in [2.05, 4.69) is 24.3 Å². The van der Waals surface area contributed by atoms with E-state index in [9.17, 15) is 9.90 Å². The third kappa shape index (κ3) is 3.85. The summed E-state index contributed by atoms with van der Waals surface area (Å²) < 4.78 is 0. The second kappa shape index (κ2) is 8.43. The molecule has 1 aliphatic carbocycles. The van der Waals surface area contributed by atoms with Gasteiger partial charge in [-0.15, -0.1) is 0 Å². The Morgan fingerprint density at radius 1 is 0.935 bits per heavy atom. The predicted molar refractivity (Wildman–Crippen MR) is 123 cm³/mol. The van der Waals surface area contributed by atoms with Crippen LogP contribution in [0.15, 0.2) is 66.7 Å². The Labute approximate surface area is 183 Å². The van der Waals surface area contributed by atoms with Crippen molar-refractivity contribution in [2.24, 2.45) is 5.92 Å². The van der Waals surface area contributed by atoms with Gasteiger partial charge >= 0.3 is 0 Å². The third-order valence-corrected chi connectivity index (χ3v) is 7.26. The van der Waals surface area contributed by atoms with Gasteiger partial charge in [0.05, 0.1) is 17.0 Å². The summed E-state index contributed by atoms with van der Waals surface area (Å²) in [5, 5.41) is 11.9. The van der Waals surface area contributed by atoms with Crippen LogP contribution in [-0.2, 0) is 16.6 Å². The Bertz CT molecular complexity index is 1060. The minimum atomic E-state index is -0.506. The van der Waals surface area contributed by atoms with Gasteiger partial charge in [0.1, 0.15) is 0 Å². The highest BCUT2D eigenvalue weighted by molar-refractivity contribution is 5.88. The Balaban J connectivity index is 1.35. The van der Waals surface area contributed by atoms with Crippen molar-refractivity contribution >= 4 is 16.8 Å². The van der Waals surface area contributed by atoms with E-state index in [1.54, 1.807) is 0 Å². The Kier molecular flexibility index (Phi) is 5.49. The number of benzene rings is 2. The summed E-state index contributed by atoms with van der Waals surface area (Å²) in [5.41, 5.74) is 2.65. The first-order valence-corrected chi connectivity index (χ1v) is 11.5. The molecule has 1 aliphatic heterocycles. The number of likely N-dealkylation sites (tertiary alicyclic amines) is 1. The number of aliphatic hydroxyl groups excluding tert-OH is 1. The Hall–Kier alpha value is -2.72. The molecule has 2 fully saturated rings. The number of nitrogens with zero attached hydrogens (tertiary/aromatic N) is 2. The monoisotopic (exact) mass is 414 g/mol. The molecular weight excluding hydrogens is 384 g/mol. The van der Waals surface area contributed by atoms with Gasteiger partial charge in [-0.2, -0.15) is 0 Å². The summed E-state index contributed by atoms with van der Waals surface area (Å²) in [5.74, 6) is 0.223. The van der Waals surface area contributed by atoms with Crippen LogP contribution < -0.4 is 0 Å². The highest BCUT2D eigenvalue weighted by atomic mass is 16.3. The van der Waals surface area contributed by atoms with Gasteiger partial charge in [-0.25, -0.2) is 0 Å². The fourth-order valence-electron chi connectivity index (χ4n) is 5.55. The smallest absolute Gasteiger partial charge is 0.233 e. The van der Waals surface area contributed by atoms with Gasteiger partial charge in [0.15, 0.2) is 0 Å². The number of fused-ring (bicyclic) bond motifs is 1. The van der Waals surface area contributed by atoms with Crippen molar-refractivity contribution in [3.63, 3.8) is 0 Å². The molecule has 2 aliphatic rings. The first-order chi connectivity index (χ1) is 15.2. The van der Waals surface area contributed by atoms with Crippen molar-refractivity contribution in [1.29, 1.82) is 0 Å². The number of carbonyl (C=O) groups excluding carboxylic acids is 1. The van der Waals surface area contributed by atoms with E-state index in [1.807, 2.05) is 47.4 Å². The highest BCUT2D eigenvalue weighted by Gasteiger charge is 2.46. The maximum Gasteiger partial charge on any atom is 0.233 e. The number of hydrogen-bond donors (Lipinski definition) is 1. The summed E-state index contributed by atoms with van der Waals surface area (Å²) in [6.07, 6.45) is 5.35. The first-order valence-electron chi connectivity index (χ1n) is 11.5. The van der Waals surface area contributed by atoms with E-state index in [1.165, 1.54) is 6.42 Å². The van der Waals surface area contributed by atoms with E-state index >= 15 is 0 Å². The summed E-state index contributed by atoms with van der Waals surface area (Å²) in [6.45, 7) is 1.02. The molecule has 1 saturated carbocycles. The van der Waals surface area contributed by atoms with Crippen LogP contribution in [0.5, 0.6) is 0 Å². The second-order valence-corrected chi connectivity index (χ2v) is 9.25. The SMILES string of the molecule is O=C(N1C[C@@H](Cc2ccc3ccccc3n2)[C@H](O)C1)C1(c2ccccc2)CCCCC1. The number of amides is 1. The van der Waals surface area contributed by atoms with Crippen LogP contribution in [-0.4, -0.2) is 40.1 Å². The molecule has 0 radical (unpaired) electrons. The van der Waals surface area contributed by atoms with Crippen LogP contribution in [0.4, 0.5) is 0 Å². The molecule has 1 aromatic heterocycles. The number of carbonyl (C=O) groups is 1. The molecule has 2 atom stereocenters. The number of para-hydroxylation sites is 1.